The van der Waals surface area contributed by atoms with Crippen LogP contribution in [-0.4, -0.2) is 55.7 Å². The number of amides is 2. The molecule has 0 aromatic carbocycles. The van der Waals surface area contributed by atoms with Crippen LogP contribution in [0.4, 0.5) is 0 Å². The van der Waals surface area contributed by atoms with Crippen molar-refractivity contribution in [2.45, 2.75) is 25.0 Å². The van der Waals surface area contributed by atoms with E-state index in [0.29, 0.717) is 30.5 Å². The van der Waals surface area contributed by atoms with Crippen molar-refractivity contribution in [3.8, 4) is 0 Å². The van der Waals surface area contributed by atoms with Crippen molar-refractivity contribution in [2.75, 3.05) is 18.8 Å². The second kappa shape index (κ2) is 8.11. The van der Waals surface area contributed by atoms with Gasteiger partial charge in [0, 0.05) is 44.2 Å². The highest BCUT2D eigenvalue weighted by atomic mass is 32.2. The second-order valence-electron chi connectivity index (χ2n) is 5.88. The minimum absolute atomic E-state index is 0.00887. The molecular formula is C16H20N6O2S. The van der Waals surface area contributed by atoms with Gasteiger partial charge in [0.15, 0.2) is 0 Å². The maximum absolute atomic E-state index is 12.3. The van der Waals surface area contributed by atoms with Gasteiger partial charge in [-0.15, -0.1) is 5.10 Å². The normalized spacial score (nSPS) is 17.1. The zero-order valence-electron chi connectivity index (χ0n) is 13.9. The molecule has 2 amide bonds. The van der Waals surface area contributed by atoms with Crippen molar-refractivity contribution in [3.05, 3.63) is 35.9 Å². The van der Waals surface area contributed by atoms with Gasteiger partial charge >= 0.3 is 0 Å². The summed E-state index contributed by atoms with van der Waals surface area (Å²) in [7, 11) is 0. The molecule has 1 atom stereocenters. The first kappa shape index (κ1) is 17.4. The lowest BCUT2D eigenvalue weighted by Crippen LogP contribution is -2.34. The molecule has 2 N–H and O–H groups in total. The summed E-state index contributed by atoms with van der Waals surface area (Å²) >= 11 is 1.48. The standard InChI is InChI=1S/C16H20N6O2S/c1-11-19-16(21-20-11)25-6-5-18-15(24)13-7-14(23)22(10-13)9-12-3-2-4-17-8-12/h2-4,8,13H,5-7,9-10H2,1H3,(H,18,24)(H,19,20,21)/t13-/m0/s1. The summed E-state index contributed by atoms with van der Waals surface area (Å²) in [6, 6.07) is 3.77. The molecule has 2 aromatic rings. The molecule has 8 nitrogen and oxygen atoms in total. The number of nitrogens with zero attached hydrogens (tertiary/aromatic N) is 4. The molecule has 1 aliphatic rings. The summed E-state index contributed by atoms with van der Waals surface area (Å²) in [4.78, 5) is 34.3. The van der Waals surface area contributed by atoms with Crippen molar-refractivity contribution in [2.24, 2.45) is 5.92 Å². The van der Waals surface area contributed by atoms with Crippen LogP contribution in [0.5, 0.6) is 0 Å². The largest absolute Gasteiger partial charge is 0.355 e. The fraction of sp³-hybridized carbons (Fsp3) is 0.438. The molecule has 3 rings (SSSR count). The van der Waals surface area contributed by atoms with E-state index in [2.05, 4.69) is 25.5 Å². The quantitative estimate of drug-likeness (QED) is 0.558. The predicted octanol–water partition coefficient (Wildman–Crippen LogP) is 0.765. The average Bonchev–Trinajstić information content (AvgIpc) is 3.18. The van der Waals surface area contributed by atoms with Crippen LogP contribution in [0.3, 0.4) is 0 Å². The minimum atomic E-state index is -0.292. The highest BCUT2D eigenvalue weighted by molar-refractivity contribution is 7.99. The molecule has 0 unspecified atom stereocenters. The molecule has 0 aliphatic carbocycles. The van der Waals surface area contributed by atoms with Gasteiger partial charge in [0.05, 0.1) is 5.92 Å². The maximum atomic E-state index is 12.3. The van der Waals surface area contributed by atoms with Crippen LogP contribution in [0.2, 0.25) is 0 Å². The second-order valence-corrected chi connectivity index (χ2v) is 6.94. The van der Waals surface area contributed by atoms with Crippen LogP contribution >= 0.6 is 11.8 Å². The monoisotopic (exact) mass is 360 g/mol. The van der Waals surface area contributed by atoms with Gasteiger partial charge < -0.3 is 10.2 Å². The van der Waals surface area contributed by atoms with Crippen LogP contribution in [-0.2, 0) is 16.1 Å². The molecular weight excluding hydrogens is 340 g/mol. The topological polar surface area (TPSA) is 104 Å². The Morgan fingerprint density at radius 2 is 2.40 bits per heavy atom. The molecule has 0 spiro atoms. The fourth-order valence-electron chi connectivity index (χ4n) is 2.66. The number of pyridine rings is 1. The van der Waals surface area contributed by atoms with E-state index in [1.807, 2.05) is 19.1 Å². The van der Waals surface area contributed by atoms with Gasteiger partial charge in [0.1, 0.15) is 5.82 Å². The van der Waals surface area contributed by atoms with E-state index in [-0.39, 0.29) is 24.2 Å². The lowest BCUT2D eigenvalue weighted by Gasteiger charge is -2.16. The van der Waals surface area contributed by atoms with E-state index in [0.717, 1.165) is 11.4 Å². The highest BCUT2D eigenvalue weighted by Gasteiger charge is 2.34. The molecule has 25 heavy (non-hydrogen) atoms. The number of hydrogen-bond donors (Lipinski definition) is 2. The first-order chi connectivity index (χ1) is 12.1. The third-order valence-electron chi connectivity index (χ3n) is 3.89. The summed E-state index contributed by atoms with van der Waals surface area (Å²) in [6.07, 6.45) is 3.70. The number of nitrogens with one attached hydrogen (secondary N) is 2. The molecule has 1 fully saturated rings. The van der Waals surface area contributed by atoms with Crippen LogP contribution in [0.25, 0.3) is 0 Å². The Morgan fingerprint density at radius 3 is 3.12 bits per heavy atom. The Labute approximate surface area is 149 Å². The summed E-state index contributed by atoms with van der Waals surface area (Å²) in [5, 5.41) is 10.4. The van der Waals surface area contributed by atoms with E-state index in [9.17, 15) is 9.59 Å². The number of hydrogen-bond acceptors (Lipinski definition) is 6. The lowest BCUT2D eigenvalue weighted by atomic mass is 10.1. The number of thioether (sulfide) groups is 1. The van der Waals surface area contributed by atoms with Gasteiger partial charge in [-0.1, -0.05) is 17.8 Å². The maximum Gasteiger partial charge on any atom is 0.225 e. The van der Waals surface area contributed by atoms with Gasteiger partial charge in [0.25, 0.3) is 0 Å². The number of H-pyrrole nitrogens is 1. The Balaban J connectivity index is 1.41. The summed E-state index contributed by atoms with van der Waals surface area (Å²) < 4.78 is 0. The lowest BCUT2D eigenvalue weighted by molar-refractivity contribution is -0.129. The number of aryl methyl sites for hydroxylation is 1. The van der Waals surface area contributed by atoms with E-state index < -0.39 is 0 Å². The van der Waals surface area contributed by atoms with Gasteiger partial charge in [0.2, 0.25) is 17.0 Å². The van der Waals surface area contributed by atoms with Gasteiger partial charge in [-0.25, -0.2) is 4.98 Å². The molecule has 0 bridgehead atoms. The number of aromatic amines is 1. The predicted molar refractivity (Wildman–Crippen MR) is 92.6 cm³/mol. The van der Waals surface area contributed by atoms with E-state index in [1.54, 1.807) is 17.3 Å². The summed E-state index contributed by atoms with van der Waals surface area (Å²) in [6.45, 7) is 3.31. The number of likely N-dealkylation sites (tertiary alicyclic amines) is 1. The SMILES string of the molecule is Cc1nc(SCCNC(=O)[C@H]2CC(=O)N(Cc3cccnc3)C2)n[nH]1. The summed E-state index contributed by atoms with van der Waals surface area (Å²) in [5.41, 5.74) is 0.968. The number of carbonyl (C=O) groups excluding carboxylic acids is 2. The third-order valence-corrected chi connectivity index (χ3v) is 4.74. The molecule has 9 heteroatoms. The van der Waals surface area contributed by atoms with Crippen molar-refractivity contribution in [3.63, 3.8) is 0 Å². The molecule has 132 valence electrons. The fourth-order valence-corrected chi connectivity index (χ4v) is 3.36. The zero-order valence-corrected chi connectivity index (χ0v) is 14.8. The van der Waals surface area contributed by atoms with E-state index >= 15 is 0 Å². The Kier molecular flexibility index (Phi) is 5.64. The molecule has 3 heterocycles. The molecule has 0 saturated carbocycles. The van der Waals surface area contributed by atoms with Crippen molar-refractivity contribution in [1.82, 2.24) is 30.4 Å². The average molecular weight is 360 g/mol. The van der Waals surface area contributed by atoms with Crippen LogP contribution in [0.1, 0.15) is 17.8 Å². The van der Waals surface area contributed by atoms with Crippen LogP contribution in [0.15, 0.2) is 29.7 Å². The summed E-state index contributed by atoms with van der Waals surface area (Å²) in [5.74, 6) is 1.09. The molecule has 0 radical (unpaired) electrons. The Bertz CT molecular complexity index is 735. The number of aromatic nitrogens is 4. The van der Waals surface area contributed by atoms with Gasteiger partial charge in [-0.2, -0.15) is 0 Å². The minimum Gasteiger partial charge on any atom is -0.355 e. The molecule has 2 aromatic heterocycles. The molecule has 1 saturated heterocycles. The van der Waals surface area contributed by atoms with Crippen LogP contribution in [0, 0.1) is 12.8 Å². The van der Waals surface area contributed by atoms with Crippen molar-refractivity contribution in [1.29, 1.82) is 0 Å². The van der Waals surface area contributed by atoms with Crippen LogP contribution < -0.4 is 5.32 Å². The smallest absolute Gasteiger partial charge is 0.225 e. The van der Waals surface area contributed by atoms with Crippen molar-refractivity contribution >= 4 is 23.6 Å². The molecule has 1 aliphatic heterocycles. The Hall–Kier alpha value is -2.42. The van der Waals surface area contributed by atoms with Gasteiger partial charge in [-0.05, 0) is 18.6 Å². The number of carbonyl (C=O) groups is 2. The first-order valence-corrected chi connectivity index (χ1v) is 9.06. The highest BCUT2D eigenvalue weighted by Crippen LogP contribution is 2.20. The Morgan fingerprint density at radius 1 is 1.52 bits per heavy atom. The number of rotatable bonds is 7. The van der Waals surface area contributed by atoms with Gasteiger partial charge in [-0.3, -0.25) is 19.7 Å². The third kappa shape index (κ3) is 4.79. The zero-order chi connectivity index (χ0) is 17.6. The first-order valence-electron chi connectivity index (χ1n) is 8.08. The van der Waals surface area contributed by atoms with Crippen molar-refractivity contribution < 1.29 is 9.59 Å². The van der Waals surface area contributed by atoms with E-state index in [1.165, 1.54) is 11.8 Å². The van der Waals surface area contributed by atoms with E-state index in [4.69, 9.17) is 0 Å².